The number of rotatable bonds is 6. The predicted molar refractivity (Wildman–Crippen MR) is 105 cm³/mol. The average molecular weight is 437 g/mol. The van der Waals surface area contributed by atoms with Crippen LogP contribution in [0.1, 0.15) is 6.92 Å². The minimum absolute atomic E-state index is 0.0236. The fraction of sp³-hybridized carbons (Fsp3) is 0.176. The van der Waals surface area contributed by atoms with Gasteiger partial charge in [-0.3, -0.25) is 4.72 Å². The summed E-state index contributed by atoms with van der Waals surface area (Å²) < 4.78 is 33.9. The molecule has 0 saturated carbocycles. The molecule has 0 saturated heterocycles. The van der Waals surface area contributed by atoms with Crippen LogP contribution in [-0.2, 0) is 10.0 Å². The molecule has 2 N–H and O–H groups in total. The number of sulfonamides is 1. The van der Waals surface area contributed by atoms with Crippen molar-refractivity contribution in [3.8, 4) is 5.88 Å². The van der Waals surface area contributed by atoms with Crippen molar-refractivity contribution >= 4 is 48.2 Å². The zero-order valence-corrected chi connectivity index (χ0v) is 16.6. The summed E-state index contributed by atoms with van der Waals surface area (Å²) in [4.78, 5) is 8.27. The minimum atomic E-state index is -3.89. The normalized spacial score (nSPS) is 11.3. The highest BCUT2D eigenvalue weighted by Gasteiger charge is 2.21. The quantitative estimate of drug-likeness (QED) is 0.612. The van der Waals surface area contributed by atoms with Crippen molar-refractivity contribution in [1.82, 2.24) is 9.97 Å². The zero-order chi connectivity index (χ0) is 18.7. The molecule has 3 aromatic rings. The molecule has 3 rings (SSSR count). The second kappa shape index (κ2) is 7.46. The van der Waals surface area contributed by atoms with Crippen molar-refractivity contribution < 1.29 is 13.2 Å². The molecule has 0 spiro atoms. The van der Waals surface area contributed by atoms with E-state index in [-0.39, 0.29) is 16.6 Å². The molecule has 7 nitrogen and oxygen atoms in total. The first-order chi connectivity index (χ1) is 12.5. The van der Waals surface area contributed by atoms with Gasteiger partial charge in [-0.05, 0) is 35.0 Å². The number of halogens is 1. The molecule has 0 atom stereocenters. The maximum atomic E-state index is 13.0. The Balaban J connectivity index is 2.09. The van der Waals surface area contributed by atoms with Crippen LogP contribution in [0.3, 0.4) is 0 Å². The largest absolute Gasteiger partial charge is 0.478 e. The molecule has 0 unspecified atom stereocenters. The highest BCUT2D eigenvalue weighted by molar-refractivity contribution is 9.10. The number of aromatic nitrogens is 2. The fourth-order valence-electron chi connectivity index (χ4n) is 2.61. The van der Waals surface area contributed by atoms with E-state index >= 15 is 0 Å². The third-order valence-corrected chi connectivity index (χ3v) is 5.45. The summed E-state index contributed by atoms with van der Waals surface area (Å²) in [6.07, 6.45) is 1.40. The SMILES string of the molecule is CCNc1cccc2c(S(=O)(=O)Nc3ncc(Br)nc3OC)cccc12. The molecule has 0 bridgehead atoms. The molecule has 0 aliphatic carbocycles. The molecule has 1 heterocycles. The molecule has 26 heavy (non-hydrogen) atoms. The Morgan fingerprint density at radius 3 is 2.62 bits per heavy atom. The number of benzene rings is 2. The van der Waals surface area contributed by atoms with E-state index in [0.717, 1.165) is 17.6 Å². The van der Waals surface area contributed by atoms with Crippen LogP contribution in [0.25, 0.3) is 10.8 Å². The van der Waals surface area contributed by atoms with Crippen molar-refractivity contribution in [2.45, 2.75) is 11.8 Å². The molecule has 136 valence electrons. The lowest BCUT2D eigenvalue weighted by Crippen LogP contribution is -2.15. The van der Waals surface area contributed by atoms with Crippen LogP contribution in [0.4, 0.5) is 11.5 Å². The van der Waals surface area contributed by atoms with Crippen LogP contribution >= 0.6 is 15.9 Å². The third kappa shape index (κ3) is 3.58. The van der Waals surface area contributed by atoms with Crippen molar-refractivity contribution in [1.29, 1.82) is 0 Å². The first kappa shape index (κ1) is 18.4. The van der Waals surface area contributed by atoms with Crippen LogP contribution in [0, 0.1) is 0 Å². The van der Waals surface area contributed by atoms with Crippen LogP contribution < -0.4 is 14.8 Å². The monoisotopic (exact) mass is 436 g/mol. The third-order valence-electron chi connectivity index (χ3n) is 3.67. The van der Waals surface area contributed by atoms with Gasteiger partial charge in [-0.2, -0.15) is 0 Å². The van der Waals surface area contributed by atoms with Gasteiger partial charge in [0.1, 0.15) is 4.60 Å². The van der Waals surface area contributed by atoms with Crippen LogP contribution in [0.5, 0.6) is 5.88 Å². The number of nitrogens with one attached hydrogen (secondary N) is 2. The van der Waals surface area contributed by atoms with Crippen LogP contribution in [0.2, 0.25) is 0 Å². The molecule has 1 aromatic heterocycles. The minimum Gasteiger partial charge on any atom is -0.478 e. The van der Waals surface area contributed by atoms with Crippen molar-refractivity contribution in [2.75, 3.05) is 23.7 Å². The van der Waals surface area contributed by atoms with Crippen molar-refractivity contribution in [3.63, 3.8) is 0 Å². The lowest BCUT2D eigenvalue weighted by atomic mass is 10.1. The average Bonchev–Trinajstić information content (AvgIpc) is 2.63. The zero-order valence-electron chi connectivity index (χ0n) is 14.2. The van der Waals surface area contributed by atoms with Crippen molar-refractivity contribution in [3.05, 3.63) is 47.2 Å². The summed E-state index contributed by atoms with van der Waals surface area (Å²) in [6, 6.07) is 10.7. The molecule has 9 heteroatoms. The number of anilines is 2. The van der Waals surface area contributed by atoms with E-state index < -0.39 is 10.0 Å². The number of nitrogens with zero attached hydrogens (tertiary/aromatic N) is 2. The highest BCUT2D eigenvalue weighted by Crippen LogP contribution is 2.31. The Morgan fingerprint density at radius 1 is 1.15 bits per heavy atom. The summed E-state index contributed by atoms with van der Waals surface area (Å²) in [6.45, 7) is 2.72. The number of hydrogen-bond acceptors (Lipinski definition) is 6. The predicted octanol–water partition coefficient (Wildman–Crippen LogP) is 3.63. The number of fused-ring (bicyclic) bond motifs is 1. The second-order valence-electron chi connectivity index (χ2n) is 5.34. The van der Waals surface area contributed by atoms with Gasteiger partial charge in [0.05, 0.1) is 18.2 Å². The molecular weight excluding hydrogens is 420 g/mol. The van der Waals surface area contributed by atoms with E-state index in [0.29, 0.717) is 9.99 Å². The van der Waals surface area contributed by atoms with Gasteiger partial charge < -0.3 is 10.1 Å². The van der Waals surface area contributed by atoms with Gasteiger partial charge >= 0.3 is 0 Å². The molecule has 0 aliphatic heterocycles. The first-order valence-corrected chi connectivity index (χ1v) is 10.1. The molecular formula is C17H17BrN4O3S. The van der Waals surface area contributed by atoms with Gasteiger partial charge in [-0.15, -0.1) is 0 Å². The fourth-order valence-corrected chi connectivity index (χ4v) is 4.10. The first-order valence-electron chi connectivity index (χ1n) is 7.81. The van der Waals surface area contributed by atoms with Crippen LogP contribution in [0.15, 0.2) is 52.1 Å². The maximum absolute atomic E-state index is 13.0. The van der Waals surface area contributed by atoms with Gasteiger partial charge in [0.25, 0.3) is 15.9 Å². The Hall–Kier alpha value is -2.39. The Bertz CT molecular complexity index is 1060. The highest BCUT2D eigenvalue weighted by atomic mass is 79.9. The van der Waals surface area contributed by atoms with E-state index in [1.807, 2.05) is 25.1 Å². The number of hydrogen-bond donors (Lipinski definition) is 2. The van der Waals surface area contributed by atoms with E-state index in [4.69, 9.17) is 4.74 Å². The number of ether oxygens (including phenoxy) is 1. The molecule has 0 amide bonds. The lowest BCUT2D eigenvalue weighted by molar-refractivity contribution is 0.397. The van der Waals surface area contributed by atoms with E-state index in [1.165, 1.54) is 13.3 Å². The Kier molecular flexibility index (Phi) is 5.28. The van der Waals surface area contributed by atoms with E-state index in [9.17, 15) is 8.42 Å². The summed E-state index contributed by atoms with van der Waals surface area (Å²) in [5, 5.41) is 4.68. The summed E-state index contributed by atoms with van der Waals surface area (Å²) in [5.74, 6) is 0.104. The number of methoxy groups -OCH3 is 1. The van der Waals surface area contributed by atoms with Gasteiger partial charge in [0.2, 0.25) is 5.82 Å². The molecule has 0 fully saturated rings. The lowest BCUT2D eigenvalue weighted by Gasteiger charge is -2.13. The molecule has 0 aliphatic rings. The second-order valence-corrected chi connectivity index (χ2v) is 7.81. The van der Waals surface area contributed by atoms with E-state index in [2.05, 4.69) is 35.9 Å². The smallest absolute Gasteiger partial charge is 0.263 e. The molecule has 2 aromatic carbocycles. The van der Waals surface area contributed by atoms with Crippen LogP contribution in [-0.4, -0.2) is 32.0 Å². The Morgan fingerprint density at radius 2 is 1.88 bits per heavy atom. The Labute approximate surface area is 160 Å². The summed E-state index contributed by atoms with van der Waals surface area (Å²) in [5.41, 5.74) is 0.878. The summed E-state index contributed by atoms with van der Waals surface area (Å²) >= 11 is 3.18. The van der Waals surface area contributed by atoms with E-state index in [1.54, 1.807) is 18.2 Å². The van der Waals surface area contributed by atoms with Gasteiger partial charge in [-0.1, -0.05) is 24.3 Å². The van der Waals surface area contributed by atoms with Gasteiger partial charge in [-0.25, -0.2) is 18.4 Å². The van der Waals surface area contributed by atoms with Gasteiger partial charge in [0, 0.05) is 23.0 Å². The standard InChI is InChI=1S/C17H17BrN4O3S/c1-3-19-13-8-4-7-12-11(13)6-5-9-14(12)26(23,24)22-16-17(25-2)21-15(18)10-20-16/h4-10,19H,3H2,1-2H3,(H,20,22). The topological polar surface area (TPSA) is 93.2 Å². The molecule has 0 radical (unpaired) electrons. The van der Waals surface area contributed by atoms with Gasteiger partial charge in [0.15, 0.2) is 0 Å². The maximum Gasteiger partial charge on any atom is 0.263 e. The van der Waals surface area contributed by atoms with Crippen molar-refractivity contribution in [2.24, 2.45) is 0 Å². The summed E-state index contributed by atoms with van der Waals surface area (Å²) in [7, 11) is -2.49.